The monoisotopic (exact) mass is 574 g/mol. The minimum Gasteiger partial charge on any atom is -0.494 e. The lowest BCUT2D eigenvalue weighted by Gasteiger charge is -2.14. The number of aromatic carboxylic acids is 1. The Hall–Kier alpha value is -3.94. The van der Waals surface area contributed by atoms with E-state index < -0.39 is 12.1 Å². The molecule has 3 aromatic rings. The van der Waals surface area contributed by atoms with Crippen molar-refractivity contribution in [3.05, 3.63) is 102 Å². The standard InChI is InChI=1S/C35H42O7/c1-26(2)33(42-39)29-16-12-27(13-17-29)28-14-18-31(19-15-28)35(38)41-25-11-9-7-5-3-4-6-8-10-24-40-32-22-20-30(21-23-32)34(36)37/h12-23,33,39H,1,3-11,24-25H2,2H3,(H,36,37). The van der Waals surface area contributed by atoms with E-state index in [0.717, 1.165) is 48.8 Å². The molecule has 0 bridgehead atoms. The molecule has 0 heterocycles. The number of carboxylic acids is 1. The number of carbonyl (C=O) groups excluding carboxylic acids is 1. The van der Waals surface area contributed by atoms with Crippen molar-refractivity contribution in [2.45, 2.75) is 70.8 Å². The van der Waals surface area contributed by atoms with Crippen LogP contribution in [0.2, 0.25) is 0 Å². The number of hydrogen-bond acceptors (Lipinski definition) is 6. The molecule has 224 valence electrons. The van der Waals surface area contributed by atoms with Crippen LogP contribution in [0.5, 0.6) is 5.75 Å². The number of rotatable bonds is 19. The maximum atomic E-state index is 12.4. The average molecular weight is 575 g/mol. The highest BCUT2D eigenvalue weighted by Crippen LogP contribution is 2.27. The zero-order valence-electron chi connectivity index (χ0n) is 24.4. The van der Waals surface area contributed by atoms with Gasteiger partial charge in [-0.3, -0.25) is 5.26 Å². The summed E-state index contributed by atoms with van der Waals surface area (Å²) < 4.78 is 11.1. The van der Waals surface area contributed by atoms with Crippen molar-refractivity contribution < 1.29 is 34.3 Å². The minimum atomic E-state index is -0.933. The van der Waals surface area contributed by atoms with Gasteiger partial charge in [0.2, 0.25) is 0 Å². The first-order valence-corrected chi connectivity index (χ1v) is 14.7. The molecule has 7 heteroatoms. The Morgan fingerprint density at radius 3 is 1.67 bits per heavy atom. The Kier molecular flexibility index (Phi) is 13.8. The second-order valence-electron chi connectivity index (χ2n) is 10.5. The minimum absolute atomic E-state index is 0.263. The number of benzene rings is 3. The van der Waals surface area contributed by atoms with Crippen LogP contribution in [-0.2, 0) is 9.62 Å². The maximum absolute atomic E-state index is 12.4. The van der Waals surface area contributed by atoms with Crippen LogP contribution in [-0.4, -0.2) is 35.5 Å². The Balaban J connectivity index is 1.20. The van der Waals surface area contributed by atoms with Crippen LogP contribution in [0.4, 0.5) is 0 Å². The lowest BCUT2D eigenvalue weighted by molar-refractivity contribution is -0.271. The molecule has 0 spiro atoms. The highest BCUT2D eigenvalue weighted by molar-refractivity contribution is 5.90. The van der Waals surface area contributed by atoms with Gasteiger partial charge in [0, 0.05) is 0 Å². The third-order valence-corrected chi connectivity index (χ3v) is 7.11. The molecule has 0 radical (unpaired) electrons. The zero-order chi connectivity index (χ0) is 30.2. The highest BCUT2D eigenvalue weighted by atomic mass is 17.1. The van der Waals surface area contributed by atoms with E-state index in [-0.39, 0.29) is 11.5 Å². The summed E-state index contributed by atoms with van der Waals surface area (Å²) in [5, 5.41) is 18.0. The molecule has 0 aliphatic carbocycles. The fraction of sp³-hybridized carbons (Fsp3) is 0.371. The average Bonchev–Trinajstić information content (AvgIpc) is 3.00. The van der Waals surface area contributed by atoms with Crippen molar-refractivity contribution in [3.8, 4) is 16.9 Å². The van der Waals surface area contributed by atoms with Crippen LogP contribution in [0.1, 0.15) is 97.1 Å². The third-order valence-electron chi connectivity index (χ3n) is 7.11. The second-order valence-corrected chi connectivity index (χ2v) is 10.5. The van der Waals surface area contributed by atoms with Crippen molar-refractivity contribution in [2.75, 3.05) is 13.2 Å². The van der Waals surface area contributed by atoms with E-state index in [1.807, 2.05) is 36.4 Å². The van der Waals surface area contributed by atoms with Crippen molar-refractivity contribution in [1.82, 2.24) is 0 Å². The van der Waals surface area contributed by atoms with Crippen molar-refractivity contribution >= 4 is 11.9 Å². The van der Waals surface area contributed by atoms with Gasteiger partial charge in [0.25, 0.3) is 0 Å². The predicted molar refractivity (Wildman–Crippen MR) is 164 cm³/mol. The van der Waals surface area contributed by atoms with Crippen LogP contribution in [0, 0.1) is 0 Å². The molecule has 3 rings (SSSR count). The molecule has 42 heavy (non-hydrogen) atoms. The normalized spacial score (nSPS) is 11.6. The topological polar surface area (TPSA) is 102 Å². The highest BCUT2D eigenvalue weighted by Gasteiger charge is 2.13. The van der Waals surface area contributed by atoms with Gasteiger partial charge in [-0.05, 0) is 78.4 Å². The van der Waals surface area contributed by atoms with Crippen molar-refractivity contribution in [1.29, 1.82) is 0 Å². The molecule has 0 fully saturated rings. The summed E-state index contributed by atoms with van der Waals surface area (Å²) in [6.45, 7) is 6.70. The fourth-order valence-corrected chi connectivity index (χ4v) is 4.66. The lowest BCUT2D eigenvalue weighted by Crippen LogP contribution is -2.06. The largest absolute Gasteiger partial charge is 0.494 e. The van der Waals surface area contributed by atoms with Gasteiger partial charge in [-0.2, -0.15) is 0 Å². The van der Waals surface area contributed by atoms with Crippen LogP contribution in [0.15, 0.2) is 84.9 Å². The first-order valence-electron chi connectivity index (χ1n) is 14.7. The molecule has 0 aliphatic rings. The number of ether oxygens (including phenoxy) is 2. The Morgan fingerprint density at radius 1 is 0.690 bits per heavy atom. The molecule has 0 amide bonds. The van der Waals surface area contributed by atoms with Gasteiger partial charge in [0.05, 0.1) is 24.3 Å². The maximum Gasteiger partial charge on any atom is 0.338 e. The molecule has 0 aromatic heterocycles. The van der Waals surface area contributed by atoms with E-state index in [1.165, 1.54) is 25.7 Å². The SMILES string of the molecule is C=C(C)C(OO)c1ccc(-c2ccc(C(=O)OCCCCCCCCCCCOc3ccc(C(=O)O)cc3)cc2)cc1. The number of esters is 1. The number of unbranched alkanes of at least 4 members (excludes halogenated alkanes) is 8. The summed E-state index contributed by atoms with van der Waals surface area (Å²) in [5.41, 5.74) is 4.30. The number of carbonyl (C=O) groups is 2. The number of hydrogen-bond donors (Lipinski definition) is 2. The van der Waals surface area contributed by atoms with E-state index in [4.69, 9.17) is 19.8 Å². The van der Waals surface area contributed by atoms with Gasteiger partial charge < -0.3 is 14.6 Å². The van der Waals surface area contributed by atoms with Gasteiger partial charge in [-0.15, -0.1) is 0 Å². The summed E-state index contributed by atoms with van der Waals surface area (Å²) in [6.07, 6.45) is 9.36. The van der Waals surface area contributed by atoms with E-state index in [1.54, 1.807) is 43.3 Å². The molecule has 3 aromatic carbocycles. The van der Waals surface area contributed by atoms with Crippen LogP contribution in [0.3, 0.4) is 0 Å². The van der Waals surface area contributed by atoms with E-state index >= 15 is 0 Å². The molecule has 1 unspecified atom stereocenters. The molecular formula is C35H42O7. The van der Waals surface area contributed by atoms with Gasteiger partial charge in [-0.25, -0.2) is 14.5 Å². The smallest absolute Gasteiger partial charge is 0.338 e. The lowest BCUT2D eigenvalue weighted by atomic mass is 9.99. The third kappa shape index (κ3) is 10.8. The first kappa shape index (κ1) is 32.6. The summed E-state index contributed by atoms with van der Waals surface area (Å²) in [4.78, 5) is 27.8. The quantitative estimate of drug-likeness (QED) is 0.0484. The summed E-state index contributed by atoms with van der Waals surface area (Å²) in [7, 11) is 0. The summed E-state index contributed by atoms with van der Waals surface area (Å²) >= 11 is 0. The Bertz CT molecular complexity index is 1250. The molecule has 2 N–H and O–H groups in total. The fourth-order valence-electron chi connectivity index (χ4n) is 4.66. The molecular weight excluding hydrogens is 532 g/mol. The van der Waals surface area contributed by atoms with E-state index in [9.17, 15) is 9.59 Å². The molecule has 7 nitrogen and oxygen atoms in total. The molecule has 0 aliphatic heterocycles. The summed E-state index contributed by atoms with van der Waals surface area (Å²) in [6, 6.07) is 21.5. The Morgan fingerprint density at radius 2 is 1.17 bits per heavy atom. The van der Waals surface area contributed by atoms with E-state index in [0.29, 0.717) is 30.1 Å². The van der Waals surface area contributed by atoms with Gasteiger partial charge >= 0.3 is 11.9 Å². The van der Waals surface area contributed by atoms with Gasteiger partial charge in [0.1, 0.15) is 11.9 Å². The van der Waals surface area contributed by atoms with E-state index in [2.05, 4.69) is 11.5 Å². The zero-order valence-corrected chi connectivity index (χ0v) is 24.4. The molecule has 0 saturated heterocycles. The molecule has 1 atom stereocenters. The predicted octanol–water partition coefficient (Wildman–Crippen LogP) is 8.91. The van der Waals surface area contributed by atoms with Crippen LogP contribution < -0.4 is 4.74 Å². The van der Waals surface area contributed by atoms with Crippen LogP contribution >= 0.6 is 0 Å². The van der Waals surface area contributed by atoms with Gasteiger partial charge in [-0.1, -0.05) is 87.9 Å². The van der Waals surface area contributed by atoms with Crippen LogP contribution in [0.25, 0.3) is 11.1 Å². The van der Waals surface area contributed by atoms with Crippen molar-refractivity contribution in [2.24, 2.45) is 0 Å². The Labute approximate surface area is 248 Å². The van der Waals surface area contributed by atoms with Gasteiger partial charge in [0.15, 0.2) is 0 Å². The first-order chi connectivity index (χ1) is 20.4. The second kappa shape index (κ2) is 17.8. The van der Waals surface area contributed by atoms with Crippen molar-refractivity contribution in [3.63, 3.8) is 0 Å². The molecule has 0 saturated carbocycles. The summed E-state index contributed by atoms with van der Waals surface area (Å²) in [5.74, 6) is -0.532. The number of carboxylic acid groups (broad SMARTS) is 1.